The molecule has 0 aliphatic carbocycles. The van der Waals surface area contributed by atoms with Crippen molar-refractivity contribution in [2.24, 2.45) is 0 Å². The van der Waals surface area contributed by atoms with Gasteiger partial charge in [-0.15, -0.1) is 0 Å². The van der Waals surface area contributed by atoms with Crippen LogP contribution in [-0.2, 0) is 4.74 Å². The summed E-state index contributed by atoms with van der Waals surface area (Å²) in [5.41, 5.74) is 6.27. The number of fused-ring (bicyclic) bond motifs is 1. The van der Waals surface area contributed by atoms with E-state index in [1.54, 1.807) is 13.3 Å². The number of aromatic amines is 1. The molecule has 0 unspecified atom stereocenters. The summed E-state index contributed by atoms with van der Waals surface area (Å²) in [6, 6.07) is 0. The van der Waals surface area contributed by atoms with E-state index in [2.05, 4.69) is 20.2 Å². The number of hydrogen-bond donors (Lipinski definition) is 2. The third kappa shape index (κ3) is 1.89. The van der Waals surface area contributed by atoms with Crippen molar-refractivity contribution in [2.75, 3.05) is 37.9 Å². The van der Waals surface area contributed by atoms with Crippen molar-refractivity contribution in [3.05, 3.63) is 6.20 Å². The van der Waals surface area contributed by atoms with Crippen LogP contribution in [0.5, 0.6) is 0 Å². The number of aromatic nitrogens is 4. The molecule has 0 radical (unpaired) electrons. The highest BCUT2D eigenvalue weighted by Gasteiger charge is 2.11. The van der Waals surface area contributed by atoms with Gasteiger partial charge in [-0.3, -0.25) is 5.10 Å². The molecule has 0 bridgehead atoms. The lowest BCUT2D eigenvalue weighted by Gasteiger charge is -2.18. The largest absolute Gasteiger partial charge is 0.383 e. The Kier molecular flexibility index (Phi) is 2.86. The maximum absolute atomic E-state index is 5.62. The number of nitrogens with two attached hydrogens (primary N) is 1. The van der Waals surface area contributed by atoms with Crippen molar-refractivity contribution in [3.63, 3.8) is 0 Å². The van der Waals surface area contributed by atoms with Gasteiger partial charge in [0.2, 0.25) is 5.95 Å². The van der Waals surface area contributed by atoms with E-state index in [1.165, 1.54) is 0 Å². The molecule has 0 amide bonds. The van der Waals surface area contributed by atoms with Crippen LogP contribution in [0.4, 0.5) is 11.8 Å². The fourth-order valence-electron chi connectivity index (χ4n) is 1.46. The van der Waals surface area contributed by atoms with Crippen LogP contribution in [-0.4, -0.2) is 47.5 Å². The summed E-state index contributed by atoms with van der Waals surface area (Å²) in [4.78, 5) is 10.2. The van der Waals surface area contributed by atoms with Gasteiger partial charge in [-0.25, -0.2) is 0 Å². The number of methoxy groups -OCH3 is 1. The molecule has 0 saturated heterocycles. The van der Waals surface area contributed by atoms with Crippen molar-refractivity contribution >= 4 is 22.8 Å². The number of anilines is 2. The van der Waals surface area contributed by atoms with Crippen LogP contribution < -0.4 is 10.6 Å². The number of nitrogens with zero attached hydrogens (tertiary/aromatic N) is 4. The van der Waals surface area contributed by atoms with Crippen LogP contribution in [0.1, 0.15) is 0 Å². The summed E-state index contributed by atoms with van der Waals surface area (Å²) in [6.07, 6.45) is 1.69. The zero-order chi connectivity index (χ0) is 11.5. The number of H-pyrrole nitrogens is 1. The second-order valence-electron chi connectivity index (χ2n) is 3.45. The third-order valence-electron chi connectivity index (χ3n) is 2.30. The summed E-state index contributed by atoms with van der Waals surface area (Å²) >= 11 is 0. The van der Waals surface area contributed by atoms with Gasteiger partial charge in [-0.2, -0.15) is 15.1 Å². The van der Waals surface area contributed by atoms with E-state index in [1.807, 2.05) is 11.9 Å². The molecule has 2 aromatic rings. The fraction of sp³-hybridized carbons (Fsp3) is 0.444. The van der Waals surface area contributed by atoms with Gasteiger partial charge in [0.25, 0.3) is 0 Å². The van der Waals surface area contributed by atoms with Crippen molar-refractivity contribution in [1.82, 2.24) is 20.2 Å². The zero-order valence-corrected chi connectivity index (χ0v) is 9.27. The lowest BCUT2D eigenvalue weighted by atomic mass is 10.3. The summed E-state index contributed by atoms with van der Waals surface area (Å²) in [6.45, 7) is 1.35. The van der Waals surface area contributed by atoms with Crippen molar-refractivity contribution in [1.29, 1.82) is 0 Å². The summed E-state index contributed by atoms with van der Waals surface area (Å²) in [5.74, 6) is 0.990. The number of ether oxygens (including phenoxy) is 1. The average molecular weight is 222 g/mol. The second kappa shape index (κ2) is 4.31. The Morgan fingerprint density at radius 3 is 3.06 bits per heavy atom. The van der Waals surface area contributed by atoms with E-state index in [0.29, 0.717) is 12.3 Å². The minimum atomic E-state index is 0.232. The predicted molar refractivity (Wildman–Crippen MR) is 61.2 cm³/mol. The molecule has 0 aliphatic rings. The van der Waals surface area contributed by atoms with E-state index in [0.717, 1.165) is 17.7 Å². The van der Waals surface area contributed by atoms with Gasteiger partial charge in [0.15, 0.2) is 5.65 Å². The van der Waals surface area contributed by atoms with E-state index in [4.69, 9.17) is 10.5 Å². The average Bonchev–Trinajstić information content (AvgIpc) is 2.72. The Morgan fingerprint density at radius 1 is 1.50 bits per heavy atom. The van der Waals surface area contributed by atoms with E-state index < -0.39 is 0 Å². The highest BCUT2D eigenvalue weighted by Crippen LogP contribution is 2.21. The Labute approximate surface area is 92.6 Å². The van der Waals surface area contributed by atoms with Crippen molar-refractivity contribution in [3.8, 4) is 0 Å². The molecule has 0 aliphatic heterocycles. The summed E-state index contributed by atoms with van der Waals surface area (Å²) < 4.78 is 5.02. The molecular weight excluding hydrogens is 208 g/mol. The lowest BCUT2D eigenvalue weighted by Crippen LogP contribution is -2.23. The highest BCUT2D eigenvalue weighted by atomic mass is 16.5. The normalized spacial score (nSPS) is 10.9. The van der Waals surface area contributed by atoms with Gasteiger partial charge in [-0.1, -0.05) is 0 Å². The first-order chi connectivity index (χ1) is 7.72. The van der Waals surface area contributed by atoms with Gasteiger partial charge < -0.3 is 15.4 Å². The van der Waals surface area contributed by atoms with Crippen LogP contribution in [0.15, 0.2) is 6.20 Å². The monoisotopic (exact) mass is 222 g/mol. The molecule has 7 nitrogen and oxygen atoms in total. The molecule has 0 atom stereocenters. The molecule has 16 heavy (non-hydrogen) atoms. The molecule has 0 saturated carbocycles. The van der Waals surface area contributed by atoms with Crippen LogP contribution >= 0.6 is 0 Å². The number of rotatable bonds is 4. The Balaban J connectivity index is 2.38. The molecular formula is C9H14N6O. The van der Waals surface area contributed by atoms with E-state index in [-0.39, 0.29) is 5.95 Å². The molecule has 2 heterocycles. The first-order valence-electron chi connectivity index (χ1n) is 4.89. The Morgan fingerprint density at radius 2 is 2.31 bits per heavy atom. The van der Waals surface area contributed by atoms with E-state index >= 15 is 0 Å². The SMILES string of the molecule is COCCN(C)c1nc(N)nc2[nH]ncc12. The fourth-order valence-corrected chi connectivity index (χ4v) is 1.46. The van der Waals surface area contributed by atoms with Gasteiger partial charge in [0, 0.05) is 20.7 Å². The van der Waals surface area contributed by atoms with Gasteiger partial charge in [-0.05, 0) is 0 Å². The Hall–Kier alpha value is -1.89. The molecule has 86 valence electrons. The molecule has 0 spiro atoms. The van der Waals surface area contributed by atoms with Crippen LogP contribution in [0.3, 0.4) is 0 Å². The number of likely N-dealkylation sites (N-methyl/N-ethyl adjacent to an activating group) is 1. The zero-order valence-electron chi connectivity index (χ0n) is 9.27. The molecule has 0 aromatic carbocycles. The maximum atomic E-state index is 5.62. The van der Waals surface area contributed by atoms with Gasteiger partial charge in [0.1, 0.15) is 5.82 Å². The lowest BCUT2D eigenvalue weighted by molar-refractivity contribution is 0.206. The molecule has 2 aromatic heterocycles. The third-order valence-corrected chi connectivity index (χ3v) is 2.30. The minimum Gasteiger partial charge on any atom is -0.383 e. The summed E-state index contributed by atoms with van der Waals surface area (Å²) in [7, 11) is 3.59. The standard InChI is InChI=1S/C9H14N6O/c1-15(3-4-16-2)8-6-5-11-14-7(6)12-9(10)13-8/h5H,3-4H2,1-2H3,(H3,10,11,12,13,14). The quantitative estimate of drug-likeness (QED) is 0.757. The number of hydrogen-bond acceptors (Lipinski definition) is 6. The maximum Gasteiger partial charge on any atom is 0.224 e. The number of nitrogens with one attached hydrogen (secondary N) is 1. The van der Waals surface area contributed by atoms with Crippen LogP contribution in [0, 0.1) is 0 Å². The van der Waals surface area contributed by atoms with Crippen molar-refractivity contribution < 1.29 is 4.74 Å². The van der Waals surface area contributed by atoms with Crippen LogP contribution in [0.2, 0.25) is 0 Å². The van der Waals surface area contributed by atoms with Gasteiger partial charge in [0.05, 0.1) is 18.2 Å². The minimum absolute atomic E-state index is 0.232. The molecule has 0 fully saturated rings. The first-order valence-corrected chi connectivity index (χ1v) is 4.89. The topological polar surface area (TPSA) is 93.0 Å². The van der Waals surface area contributed by atoms with Gasteiger partial charge >= 0.3 is 0 Å². The van der Waals surface area contributed by atoms with Crippen LogP contribution in [0.25, 0.3) is 11.0 Å². The molecule has 2 rings (SSSR count). The smallest absolute Gasteiger partial charge is 0.224 e. The first kappa shape index (κ1) is 10.6. The van der Waals surface area contributed by atoms with Crippen molar-refractivity contribution in [2.45, 2.75) is 0 Å². The summed E-state index contributed by atoms with van der Waals surface area (Å²) in [5, 5.41) is 7.55. The predicted octanol–water partition coefficient (Wildman–Crippen LogP) is 0.0177. The molecule has 3 N–H and O–H groups in total. The molecule has 7 heteroatoms. The van der Waals surface area contributed by atoms with E-state index in [9.17, 15) is 0 Å². The number of nitrogen functional groups attached to an aromatic ring is 1. The second-order valence-corrected chi connectivity index (χ2v) is 3.45. The Bertz CT molecular complexity index is 482. The highest BCUT2D eigenvalue weighted by molar-refractivity contribution is 5.87.